The lowest BCUT2D eigenvalue weighted by Crippen LogP contribution is -2.27. The molecule has 0 aromatic carbocycles. The minimum Gasteiger partial charge on any atom is -0.391 e. The van der Waals surface area contributed by atoms with Gasteiger partial charge in [0, 0.05) is 14.6 Å². The molecular weight excluding hydrogens is 328 g/mol. The van der Waals surface area contributed by atoms with E-state index in [0.717, 1.165) is 15.6 Å². The van der Waals surface area contributed by atoms with E-state index in [4.69, 9.17) is 5.11 Å². The van der Waals surface area contributed by atoms with Crippen LogP contribution in [-0.4, -0.2) is 18.5 Å². The van der Waals surface area contributed by atoms with E-state index in [0.29, 0.717) is 9.75 Å². The van der Waals surface area contributed by atoms with Gasteiger partial charge in [0.1, 0.15) is 0 Å². The van der Waals surface area contributed by atoms with E-state index in [9.17, 15) is 8.42 Å². The average Bonchev–Trinajstić information content (AvgIpc) is 2.91. The summed E-state index contributed by atoms with van der Waals surface area (Å²) in [5.74, 6) is 0. The van der Waals surface area contributed by atoms with Crippen LogP contribution < -0.4 is 4.72 Å². The van der Waals surface area contributed by atoms with Crippen molar-refractivity contribution in [2.75, 3.05) is 0 Å². The molecule has 0 aliphatic heterocycles. The van der Waals surface area contributed by atoms with Crippen molar-refractivity contribution >= 4 is 32.7 Å². The zero-order valence-corrected chi connectivity index (χ0v) is 14.7. The summed E-state index contributed by atoms with van der Waals surface area (Å²) < 4.78 is 27.7. The highest BCUT2D eigenvalue weighted by Gasteiger charge is 2.24. The van der Waals surface area contributed by atoms with E-state index in [-0.39, 0.29) is 17.5 Å². The van der Waals surface area contributed by atoms with E-state index in [1.807, 2.05) is 20.8 Å². The lowest BCUT2D eigenvalue weighted by molar-refractivity contribution is 0.285. The lowest BCUT2D eigenvalue weighted by atomic mass is 10.2. The highest BCUT2D eigenvalue weighted by molar-refractivity contribution is 7.89. The number of aryl methyl sites for hydroxylation is 3. The standard InChI is InChI=1S/C13H18N2O3S3/c1-7-13(20-10(4)14-7)8(2)15-21(17,18)12-5-11(6-16)19-9(12)3/h5,8,15-16H,6H2,1-4H3. The number of nitrogens with zero attached hydrogens (tertiary/aromatic N) is 1. The predicted molar refractivity (Wildman–Crippen MR) is 85.3 cm³/mol. The van der Waals surface area contributed by atoms with Crippen LogP contribution in [0.3, 0.4) is 0 Å². The molecule has 0 radical (unpaired) electrons. The first-order valence-electron chi connectivity index (χ1n) is 6.41. The van der Waals surface area contributed by atoms with Gasteiger partial charge in [0.25, 0.3) is 0 Å². The summed E-state index contributed by atoms with van der Waals surface area (Å²) in [4.78, 5) is 6.80. The predicted octanol–water partition coefficient (Wildman–Crippen LogP) is 2.66. The van der Waals surface area contributed by atoms with E-state index in [1.165, 1.54) is 28.7 Å². The van der Waals surface area contributed by atoms with E-state index < -0.39 is 10.0 Å². The first-order valence-corrected chi connectivity index (χ1v) is 9.52. The first-order chi connectivity index (χ1) is 9.74. The molecule has 0 amide bonds. The normalized spacial score (nSPS) is 13.6. The smallest absolute Gasteiger partial charge is 0.242 e. The maximum absolute atomic E-state index is 12.5. The second kappa shape index (κ2) is 6.13. The van der Waals surface area contributed by atoms with E-state index in [1.54, 1.807) is 6.92 Å². The number of sulfonamides is 1. The van der Waals surface area contributed by atoms with Crippen molar-refractivity contribution in [3.05, 3.63) is 31.4 Å². The zero-order chi connectivity index (χ0) is 15.8. The van der Waals surface area contributed by atoms with Crippen LogP contribution in [0, 0.1) is 20.8 Å². The molecule has 0 aliphatic rings. The SMILES string of the molecule is Cc1nc(C)c(C(C)NS(=O)(=O)c2cc(CO)sc2C)s1. The largest absolute Gasteiger partial charge is 0.391 e. The molecule has 1 unspecified atom stereocenters. The second-order valence-electron chi connectivity index (χ2n) is 4.82. The highest BCUT2D eigenvalue weighted by atomic mass is 32.2. The molecule has 1 atom stereocenters. The average molecular weight is 346 g/mol. The molecule has 0 aliphatic carbocycles. The number of aliphatic hydroxyl groups is 1. The first kappa shape index (κ1) is 16.6. The summed E-state index contributed by atoms with van der Waals surface area (Å²) >= 11 is 2.79. The van der Waals surface area contributed by atoms with Gasteiger partial charge in [-0.05, 0) is 33.8 Å². The Morgan fingerprint density at radius 3 is 2.48 bits per heavy atom. The van der Waals surface area contributed by atoms with Crippen LogP contribution in [0.2, 0.25) is 0 Å². The monoisotopic (exact) mass is 346 g/mol. The van der Waals surface area contributed by atoms with Crippen LogP contribution >= 0.6 is 22.7 Å². The van der Waals surface area contributed by atoms with Crippen LogP contribution in [0.4, 0.5) is 0 Å². The molecule has 2 aromatic heterocycles. The van der Waals surface area contributed by atoms with E-state index in [2.05, 4.69) is 9.71 Å². The molecule has 0 bridgehead atoms. The molecule has 0 fully saturated rings. The Morgan fingerprint density at radius 1 is 1.33 bits per heavy atom. The molecule has 116 valence electrons. The van der Waals surface area contributed by atoms with Crippen molar-refractivity contribution in [2.24, 2.45) is 0 Å². The Hall–Kier alpha value is -0.800. The molecule has 2 rings (SSSR count). The summed E-state index contributed by atoms with van der Waals surface area (Å²) in [6.45, 7) is 7.18. The van der Waals surface area contributed by atoms with Crippen molar-refractivity contribution in [1.29, 1.82) is 0 Å². The molecular formula is C13H18N2O3S3. The van der Waals surface area contributed by atoms with Crippen LogP contribution in [-0.2, 0) is 16.6 Å². The third-order valence-electron chi connectivity index (χ3n) is 3.03. The highest BCUT2D eigenvalue weighted by Crippen LogP contribution is 2.29. The third kappa shape index (κ3) is 3.51. The number of thiophene rings is 1. The quantitative estimate of drug-likeness (QED) is 0.872. The Kier molecular flexibility index (Phi) is 4.84. The summed E-state index contributed by atoms with van der Waals surface area (Å²) in [5.41, 5.74) is 0.853. The Morgan fingerprint density at radius 2 is 2.00 bits per heavy atom. The minimum atomic E-state index is -3.61. The van der Waals surface area contributed by atoms with Gasteiger partial charge < -0.3 is 5.11 Å². The van der Waals surface area contributed by atoms with Crippen molar-refractivity contribution < 1.29 is 13.5 Å². The van der Waals surface area contributed by atoms with Crippen LogP contribution in [0.5, 0.6) is 0 Å². The molecule has 2 N–H and O–H groups in total. The summed E-state index contributed by atoms with van der Waals surface area (Å²) in [6, 6.07) is 1.19. The second-order valence-corrected chi connectivity index (χ2v) is 9.07. The fraction of sp³-hybridized carbons (Fsp3) is 0.462. The Bertz CT molecular complexity index is 747. The summed E-state index contributed by atoms with van der Waals surface area (Å²) in [6.07, 6.45) is 0. The van der Waals surface area contributed by atoms with Crippen LogP contribution in [0.1, 0.15) is 38.3 Å². The van der Waals surface area contributed by atoms with Crippen molar-refractivity contribution in [2.45, 2.75) is 45.2 Å². The van der Waals surface area contributed by atoms with Crippen LogP contribution in [0.25, 0.3) is 0 Å². The van der Waals surface area contributed by atoms with Gasteiger partial charge in [-0.2, -0.15) is 0 Å². The molecule has 2 aromatic rings. The van der Waals surface area contributed by atoms with E-state index >= 15 is 0 Å². The summed E-state index contributed by atoms with van der Waals surface area (Å²) in [7, 11) is -3.61. The Labute approximate surface area is 132 Å². The minimum absolute atomic E-state index is 0.149. The van der Waals surface area contributed by atoms with Gasteiger partial charge >= 0.3 is 0 Å². The van der Waals surface area contributed by atoms with Gasteiger partial charge in [0.05, 0.1) is 28.2 Å². The number of aromatic nitrogens is 1. The number of rotatable bonds is 5. The molecule has 0 saturated carbocycles. The number of hydrogen-bond acceptors (Lipinski definition) is 6. The fourth-order valence-electron chi connectivity index (χ4n) is 2.17. The lowest BCUT2D eigenvalue weighted by Gasteiger charge is -2.13. The molecule has 8 heteroatoms. The van der Waals surface area contributed by atoms with Gasteiger partial charge in [-0.3, -0.25) is 0 Å². The number of aliphatic hydroxyl groups excluding tert-OH is 1. The topological polar surface area (TPSA) is 79.3 Å². The third-order valence-corrected chi connectivity index (χ3v) is 7.12. The summed E-state index contributed by atoms with van der Waals surface area (Å²) in [5, 5.41) is 10.0. The van der Waals surface area contributed by atoms with Crippen molar-refractivity contribution in [1.82, 2.24) is 9.71 Å². The van der Waals surface area contributed by atoms with Gasteiger partial charge in [-0.25, -0.2) is 18.1 Å². The Balaban J connectivity index is 2.28. The number of thiazole rings is 1. The fourth-order valence-corrected chi connectivity index (χ4v) is 5.88. The molecule has 21 heavy (non-hydrogen) atoms. The molecule has 0 saturated heterocycles. The van der Waals surface area contributed by atoms with Crippen LogP contribution in [0.15, 0.2) is 11.0 Å². The molecule has 2 heterocycles. The number of hydrogen-bond donors (Lipinski definition) is 2. The van der Waals surface area contributed by atoms with Crippen molar-refractivity contribution in [3.63, 3.8) is 0 Å². The molecule has 5 nitrogen and oxygen atoms in total. The van der Waals surface area contributed by atoms with Gasteiger partial charge in [-0.15, -0.1) is 22.7 Å². The van der Waals surface area contributed by atoms with Gasteiger partial charge in [0.2, 0.25) is 10.0 Å². The molecule has 0 spiro atoms. The zero-order valence-electron chi connectivity index (χ0n) is 12.3. The van der Waals surface area contributed by atoms with Gasteiger partial charge in [-0.1, -0.05) is 0 Å². The maximum Gasteiger partial charge on any atom is 0.242 e. The van der Waals surface area contributed by atoms with Gasteiger partial charge in [0.15, 0.2) is 0 Å². The maximum atomic E-state index is 12.5. The van der Waals surface area contributed by atoms with Crippen molar-refractivity contribution in [3.8, 4) is 0 Å². The number of nitrogens with one attached hydrogen (secondary N) is 1.